The van der Waals surface area contributed by atoms with E-state index in [4.69, 9.17) is 4.42 Å². The van der Waals surface area contributed by atoms with Gasteiger partial charge in [-0.3, -0.25) is 4.79 Å². The summed E-state index contributed by atoms with van der Waals surface area (Å²) in [5.74, 6) is -0.507. The highest BCUT2D eigenvalue weighted by Crippen LogP contribution is 2.14. The molecule has 3 aromatic rings. The first kappa shape index (κ1) is 16.7. The number of halogens is 1. The van der Waals surface area contributed by atoms with Crippen molar-refractivity contribution in [2.45, 2.75) is 4.90 Å². The zero-order valence-electron chi connectivity index (χ0n) is 12.5. The van der Waals surface area contributed by atoms with Crippen LogP contribution in [0, 0.1) is 5.82 Å². The Morgan fingerprint density at radius 1 is 1.04 bits per heavy atom. The van der Waals surface area contributed by atoms with Crippen molar-refractivity contribution in [3.8, 4) is 0 Å². The lowest BCUT2D eigenvalue weighted by Gasteiger charge is -2.08. The molecule has 1 aromatic heterocycles. The van der Waals surface area contributed by atoms with Gasteiger partial charge >= 0.3 is 6.03 Å². The van der Waals surface area contributed by atoms with Crippen molar-refractivity contribution in [2.24, 2.45) is 0 Å². The van der Waals surface area contributed by atoms with Gasteiger partial charge in [-0.05, 0) is 36.4 Å². The van der Waals surface area contributed by atoms with Crippen LogP contribution in [0.4, 0.5) is 14.9 Å². The fourth-order valence-corrected chi connectivity index (χ4v) is 3.05. The summed E-state index contributed by atoms with van der Waals surface area (Å²) in [4.78, 5) is 23.4. The van der Waals surface area contributed by atoms with E-state index in [0.29, 0.717) is 0 Å². The number of sulfonamides is 1. The van der Waals surface area contributed by atoms with Crippen molar-refractivity contribution in [3.63, 3.8) is 0 Å². The van der Waals surface area contributed by atoms with Gasteiger partial charge in [-0.2, -0.15) is 0 Å². The molecular weight excluding hydrogens is 351 g/mol. The molecule has 9 heteroatoms. The van der Waals surface area contributed by atoms with Crippen molar-refractivity contribution in [2.75, 3.05) is 5.32 Å². The van der Waals surface area contributed by atoms with E-state index < -0.39 is 32.2 Å². The minimum Gasteiger partial charge on any atom is -0.463 e. The molecule has 0 fully saturated rings. The van der Waals surface area contributed by atoms with Crippen molar-refractivity contribution in [1.29, 1.82) is 0 Å². The Morgan fingerprint density at radius 3 is 2.44 bits per heavy atom. The number of rotatable bonds is 3. The van der Waals surface area contributed by atoms with Gasteiger partial charge in [0.25, 0.3) is 10.0 Å². The number of benzene rings is 2. The number of nitrogens with one attached hydrogen (secondary N) is 2. The molecule has 0 atom stereocenters. The largest absolute Gasteiger partial charge is 0.463 e. The van der Waals surface area contributed by atoms with E-state index in [1.54, 1.807) is 16.9 Å². The third-order valence-corrected chi connectivity index (χ3v) is 4.58. The number of carbonyl (C=O) groups is 1. The third kappa shape index (κ3) is 3.50. The Kier molecular flexibility index (Phi) is 4.24. The van der Waals surface area contributed by atoms with Gasteiger partial charge in [-0.25, -0.2) is 22.3 Å². The zero-order chi connectivity index (χ0) is 18.0. The van der Waals surface area contributed by atoms with Crippen LogP contribution in [0.15, 0.2) is 68.9 Å². The fraction of sp³-hybridized carbons (Fsp3) is 0. The molecule has 0 aliphatic carbocycles. The first-order valence-corrected chi connectivity index (χ1v) is 8.45. The molecular formula is C16H11FN2O5S. The Labute approximate surface area is 141 Å². The van der Waals surface area contributed by atoms with E-state index in [-0.39, 0.29) is 16.7 Å². The van der Waals surface area contributed by atoms with Crippen molar-refractivity contribution >= 4 is 32.7 Å². The van der Waals surface area contributed by atoms with Gasteiger partial charge in [0, 0.05) is 5.69 Å². The van der Waals surface area contributed by atoms with E-state index in [9.17, 15) is 22.4 Å². The van der Waals surface area contributed by atoms with Gasteiger partial charge in [-0.15, -0.1) is 0 Å². The first-order chi connectivity index (χ1) is 11.9. The van der Waals surface area contributed by atoms with E-state index in [0.717, 1.165) is 18.4 Å². The molecule has 25 heavy (non-hydrogen) atoms. The average Bonchev–Trinajstić information content (AvgIpc) is 2.57. The smallest absolute Gasteiger partial charge is 0.333 e. The second-order valence-electron chi connectivity index (χ2n) is 4.99. The number of urea groups is 1. The Balaban J connectivity index is 1.86. The van der Waals surface area contributed by atoms with Gasteiger partial charge < -0.3 is 9.73 Å². The van der Waals surface area contributed by atoms with Gasteiger partial charge in [0.15, 0.2) is 4.90 Å². The maximum absolute atomic E-state index is 12.8. The summed E-state index contributed by atoms with van der Waals surface area (Å²) >= 11 is 0. The Morgan fingerprint density at radius 2 is 1.72 bits per heavy atom. The van der Waals surface area contributed by atoms with Gasteiger partial charge in [-0.1, -0.05) is 12.1 Å². The molecule has 2 aromatic carbocycles. The highest BCUT2D eigenvalue weighted by Gasteiger charge is 2.23. The van der Waals surface area contributed by atoms with Gasteiger partial charge in [0.05, 0.1) is 5.39 Å². The summed E-state index contributed by atoms with van der Waals surface area (Å²) in [5, 5.41) is 2.30. The lowest BCUT2D eigenvalue weighted by atomic mass is 10.2. The quantitative estimate of drug-likeness (QED) is 0.744. The molecule has 0 saturated carbocycles. The Bertz CT molecular complexity index is 1110. The van der Waals surface area contributed by atoms with E-state index >= 15 is 0 Å². The Hall–Kier alpha value is -3.20. The predicted molar refractivity (Wildman–Crippen MR) is 88.2 cm³/mol. The monoisotopic (exact) mass is 362 g/mol. The fourth-order valence-electron chi connectivity index (χ4n) is 2.11. The van der Waals surface area contributed by atoms with Crippen LogP contribution < -0.4 is 15.5 Å². The van der Waals surface area contributed by atoms with Crippen LogP contribution in [0.2, 0.25) is 0 Å². The second-order valence-corrected chi connectivity index (χ2v) is 6.64. The number of para-hydroxylation sites is 1. The summed E-state index contributed by atoms with van der Waals surface area (Å²) in [6.07, 6.45) is 0.776. The predicted octanol–water partition coefficient (Wildman–Crippen LogP) is 2.44. The van der Waals surface area contributed by atoms with E-state index in [1.807, 2.05) is 0 Å². The molecule has 0 unspecified atom stereocenters. The minimum absolute atomic E-state index is 0.0734. The molecule has 3 rings (SSSR count). The third-order valence-electron chi connectivity index (χ3n) is 3.27. The van der Waals surface area contributed by atoms with Crippen LogP contribution in [0.5, 0.6) is 0 Å². The maximum Gasteiger partial charge on any atom is 0.333 e. The summed E-state index contributed by atoms with van der Waals surface area (Å²) in [5.41, 5.74) is -0.384. The number of hydrogen-bond acceptors (Lipinski definition) is 5. The van der Waals surface area contributed by atoms with Crippen LogP contribution in [-0.4, -0.2) is 14.4 Å². The molecule has 0 aliphatic heterocycles. The zero-order valence-corrected chi connectivity index (χ0v) is 13.3. The highest BCUT2D eigenvalue weighted by molar-refractivity contribution is 7.90. The van der Waals surface area contributed by atoms with E-state index in [1.165, 1.54) is 24.3 Å². The standard InChI is InChI=1S/C16H11FN2O5S/c17-10-5-7-11(8-6-10)18-16(21)19-25(22,23)14-9-24-13-4-2-1-3-12(13)15(14)20/h1-9H,(H2,18,19,21). The average molecular weight is 362 g/mol. The first-order valence-electron chi connectivity index (χ1n) is 6.97. The summed E-state index contributed by atoms with van der Waals surface area (Å²) in [6.45, 7) is 0. The lowest BCUT2D eigenvalue weighted by Crippen LogP contribution is -2.36. The minimum atomic E-state index is -4.45. The van der Waals surface area contributed by atoms with Crippen LogP contribution >= 0.6 is 0 Å². The maximum atomic E-state index is 12.8. The lowest BCUT2D eigenvalue weighted by molar-refractivity contribution is 0.256. The number of carbonyl (C=O) groups excluding carboxylic acids is 1. The summed E-state index contributed by atoms with van der Waals surface area (Å²) in [6, 6.07) is 9.74. The molecule has 0 aliphatic rings. The SMILES string of the molecule is O=C(Nc1ccc(F)cc1)NS(=O)(=O)c1coc2ccccc2c1=O. The topological polar surface area (TPSA) is 105 Å². The molecule has 0 bridgehead atoms. The molecule has 2 N–H and O–H groups in total. The summed E-state index contributed by atoms with van der Waals surface area (Å²) in [7, 11) is -4.45. The highest BCUT2D eigenvalue weighted by atomic mass is 32.2. The molecule has 0 radical (unpaired) electrons. The molecule has 0 saturated heterocycles. The number of fused-ring (bicyclic) bond motifs is 1. The van der Waals surface area contributed by atoms with Crippen LogP contribution in [-0.2, 0) is 10.0 Å². The van der Waals surface area contributed by atoms with Crippen molar-refractivity contribution in [1.82, 2.24) is 4.72 Å². The summed E-state index contributed by atoms with van der Waals surface area (Å²) < 4.78 is 44.2. The molecule has 0 spiro atoms. The van der Waals surface area contributed by atoms with Crippen LogP contribution in [0.25, 0.3) is 11.0 Å². The van der Waals surface area contributed by atoms with Crippen molar-refractivity contribution < 1.29 is 22.0 Å². The molecule has 1 heterocycles. The van der Waals surface area contributed by atoms with Gasteiger partial charge in [0.2, 0.25) is 5.43 Å². The second kappa shape index (κ2) is 6.36. The van der Waals surface area contributed by atoms with Crippen LogP contribution in [0.1, 0.15) is 0 Å². The van der Waals surface area contributed by atoms with Crippen molar-refractivity contribution in [3.05, 3.63) is 70.8 Å². The number of amides is 2. The number of hydrogen-bond donors (Lipinski definition) is 2. The van der Waals surface area contributed by atoms with Crippen LogP contribution in [0.3, 0.4) is 0 Å². The van der Waals surface area contributed by atoms with Gasteiger partial charge in [0.1, 0.15) is 17.7 Å². The number of anilines is 1. The molecule has 7 nitrogen and oxygen atoms in total. The normalized spacial score (nSPS) is 11.2. The molecule has 2 amide bonds. The molecule has 128 valence electrons. The van der Waals surface area contributed by atoms with E-state index in [2.05, 4.69) is 5.32 Å².